The van der Waals surface area contributed by atoms with Crippen LogP contribution in [0, 0.1) is 5.41 Å². The molecule has 0 atom stereocenters. The van der Waals surface area contributed by atoms with E-state index in [1.54, 1.807) is 0 Å². The summed E-state index contributed by atoms with van der Waals surface area (Å²) in [4.78, 5) is 17.4. The van der Waals surface area contributed by atoms with Crippen LogP contribution in [-0.2, 0) is 11.3 Å². The number of amides is 1. The van der Waals surface area contributed by atoms with Crippen LogP contribution in [0.1, 0.15) is 39.3 Å². The van der Waals surface area contributed by atoms with Gasteiger partial charge >= 0.3 is 0 Å². The van der Waals surface area contributed by atoms with Gasteiger partial charge in [-0.2, -0.15) is 0 Å². The van der Waals surface area contributed by atoms with Crippen LogP contribution in [0.5, 0.6) is 0 Å². The van der Waals surface area contributed by atoms with Gasteiger partial charge in [0, 0.05) is 43.0 Å². The molecule has 2 heterocycles. The third-order valence-electron chi connectivity index (χ3n) is 3.67. The van der Waals surface area contributed by atoms with Crippen LogP contribution in [0.25, 0.3) is 0 Å². The maximum atomic E-state index is 12.2. The Morgan fingerprint density at radius 2 is 2.11 bits per heavy atom. The molecule has 106 valence electrons. The van der Waals surface area contributed by atoms with Crippen LogP contribution in [0.3, 0.4) is 0 Å². The van der Waals surface area contributed by atoms with Crippen LogP contribution in [0.2, 0.25) is 0 Å². The van der Waals surface area contributed by atoms with Gasteiger partial charge < -0.3 is 15.2 Å². The lowest BCUT2D eigenvalue weighted by molar-refractivity contribution is -0.140. The topological polar surface area (TPSA) is 48.1 Å². The molecule has 1 aliphatic rings. The van der Waals surface area contributed by atoms with E-state index in [1.807, 2.05) is 37.9 Å². The number of carbonyl (C=O) groups excluding carboxylic acids is 1. The predicted octanol–water partition coefficient (Wildman–Crippen LogP) is 2.14. The molecule has 0 bridgehead atoms. The number of carbonyl (C=O) groups is 1. The van der Waals surface area contributed by atoms with E-state index in [9.17, 15) is 4.79 Å². The quantitative estimate of drug-likeness (QED) is 0.878. The lowest BCUT2D eigenvalue weighted by atomic mass is 9.93. The van der Waals surface area contributed by atoms with Gasteiger partial charge in [0.05, 0.1) is 0 Å². The van der Waals surface area contributed by atoms with E-state index >= 15 is 0 Å². The summed E-state index contributed by atoms with van der Waals surface area (Å²) < 4.78 is 0. The molecule has 0 spiro atoms. The minimum Gasteiger partial charge on any atom is -0.364 e. The predicted molar refractivity (Wildman–Crippen MR) is 76.7 cm³/mol. The molecule has 0 radical (unpaired) electrons. The van der Waals surface area contributed by atoms with Crippen molar-refractivity contribution in [3.8, 4) is 0 Å². The van der Waals surface area contributed by atoms with Crippen LogP contribution in [-0.4, -0.2) is 34.9 Å². The molecule has 1 saturated heterocycles. The van der Waals surface area contributed by atoms with E-state index in [0.717, 1.165) is 32.5 Å². The fourth-order valence-corrected chi connectivity index (χ4v) is 2.49. The number of nitrogens with one attached hydrogen (secondary N) is 2. The second-order valence-corrected chi connectivity index (χ2v) is 6.39. The SMILES string of the molecule is CC(C)(C)C(=O)N1CCC(NCc2ccc[nH]2)CC1. The number of hydrogen-bond donors (Lipinski definition) is 2. The van der Waals surface area contributed by atoms with Gasteiger partial charge in [0.15, 0.2) is 0 Å². The molecule has 0 unspecified atom stereocenters. The second-order valence-electron chi connectivity index (χ2n) is 6.39. The van der Waals surface area contributed by atoms with E-state index in [0.29, 0.717) is 6.04 Å². The van der Waals surface area contributed by atoms with Crippen molar-refractivity contribution in [2.24, 2.45) is 5.41 Å². The van der Waals surface area contributed by atoms with E-state index in [-0.39, 0.29) is 11.3 Å². The maximum Gasteiger partial charge on any atom is 0.227 e. The number of aromatic nitrogens is 1. The highest BCUT2D eigenvalue weighted by Gasteiger charge is 2.30. The summed E-state index contributed by atoms with van der Waals surface area (Å²) >= 11 is 0. The van der Waals surface area contributed by atoms with Crippen molar-refractivity contribution in [3.63, 3.8) is 0 Å². The van der Waals surface area contributed by atoms with Gasteiger partial charge in [-0.1, -0.05) is 20.8 Å². The Hall–Kier alpha value is -1.29. The first-order chi connectivity index (χ1) is 8.97. The van der Waals surface area contributed by atoms with Crippen molar-refractivity contribution in [1.29, 1.82) is 0 Å². The number of piperidine rings is 1. The lowest BCUT2D eigenvalue weighted by Crippen LogP contribution is -2.48. The highest BCUT2D eigenvalue weighted by Crippen LogP contribution is 2.21. The molecule has 1 aliphatic heterocycles. The standard InChI is InChI=1S/C15H25N3O/c1-15(2,3)14(19)18-9-6-12(7-10-18)17-11-13-5-4-8-16-13/h4-5,8,12,16-17H,6-7,9-11H2,1-3H3. The Morgan fingerprint density at radius 1 is 1.42 bits per heavy atom. The molecule has 1 aromatic rings. The monoisotopic (exact) mass is 263 g/mol. The summed E-state index contributed by atoms with van der Waals surface area (Å²) in [6.07, 6.45) is 4.03. The van der Waals surface area contributed by atoms with Crippen molar-refractivity contribution in [3.05, 3.63) is 24.0 Å². The molecular formula is C15H25N3O. The molecule has 0 saturated carbocycles. The van der Waals surface area contributed by atoms with Crippen LogP contribution in [0.4, 0.5) is 0 Å². The first kappa shape index (κ1) is 14.1. The largest absolute Gasteiger partial charge is 0.364 e. The first-order valence-corrected chi connectivity index (χ1v) is 7.12. The molecule has 0 aliphatic carbocycles. The maximum absolute atomic E-state index is 12.2. The third kappa shape index (κ3) is 3.83. The molecule has 2 N–H and O–H groups in total. The number of likely N-dealkylation sites (tertiary alicyclic amines) is 1. The first-order valence-electron chi connectivity index (χ1n) is 7.12. The Balaban J connectivity index is 1.75. The summed E-state index contributed by atoms with van der Waals surface area (Å²) in [5.41, 5.74) is 0.957. The Morgan fingerprint density at radius 3 is 2.63 bits per heavy atom. The van der Waals surface area contributed by atoms with Gasteiger partial charge in [-0.25, -0.2) is 0 Å². The number of rotatable bonds is 3. The lowest BCUT2D eigenvalue weighted by Gasteiger charge is -2.36. The summed E-state index contributed by atoms with van der Waals surface area (Å²) in [5, 5.41) is 3.55. The molecular weight excluding hydrogens is 238 g/mol. The van der Waals surface area contributed by atoms with Gasteiger partial charge in [0.1, 0.15) is 0 Å². The van der Waals surface area contributed by atoms with E-state index in [4.69, 9.17) is 0 Å². The average molecular weight is 263 g/mol. The van der Waals surface area contributed by atoms with Crippen molar-refractivity contribution in [2.75, 3.05) is 13.1 Å². The smallest absolute Gasteiger partial charge is 0.227 e. The number of hydrogen-bond acceptors (Lipinski definition) is 2. The number of H-pyrrole nitrogens is 1. The van der Waals surface area contributed by atoms with E-state index in [1.165, 1.54) is 5.69 Å². The second kappa shape index (κ2) is 5.78. The zero-order valence-corrected chi connectivity index (χ0v) is 12.2. The van der Waals surface area contributed by atoms with Crippen molar-refractivity contribution in [2.45, 2.75) is 46.2 Å². The Bertz CT molecular complexity index is 398. The van der Waals surface area contributed by atoms with Crippen LogP contribution < -0.4 is 5.32 Å². The van der Waals surface area contributed by atoms with Gasteiger partial charge in [0.25, 0.3) is 0 Å². The fourth-order valence-electron chi connectivity index (χ4n) is 2.49. The zero-order valence-electron chi connectivity index (χ0n) is 12.2. The minimum atomic E-state index is -0.259. The van der Waals surface area contributed by atoms with Gasteiger partial charge in [-0.3, -0.25) is 4.79 Å². The van der Waals surface area contributed by atoms with Crippen molar-refractivity contribution < 1.29 is 4.79 Å². The van der Waals surface area contributed by atoms with Gasteiger partial charge in [0.2, 0.25) is 5.91 Å². The summed E-state index contributed by atoms with van der Waals surface area (Å²) in [5.74, 6) is 0.273. The highest BCUT2D eigenvalue weighted by molar-refractivity contribution is 5.81. The van der Waals surface area contributed by atoms with Crippen molar-refractivity contribution >= 4 is 5.91 Å². The summed E-state index contributed by atoms with van der Waals surface area (Å²) in [6.45, 7) is 8.60. The zero-order chi connectivity index (χ0) is 13.9. The molecule has 0 aromatic carbocycles. The van der Waals surface area contributed by atoms with Gasteiger partial charge in [-0.15, -0.1) is 0 Å². The molecule has 2 rings (SSSR count). The van der Waals surface area contributed by atoms with Gasteiger partial charge in [-0.05, 0) is 25.0 Å². The van der Waals surface area contributed by atoms with Crippen LogP contribution in [0.15, 0.2) is 18.3 Å². The summed E-state index contributed by atoms with van der Waals surface area (Å²) in [7, 11) is 0. The molecule has 1 amide bonds. The molecule has 1 aromatic heterocycles. The Kier molecular flexibility index (Phi) is 4.30. The number of nitrogens with zero attached hydrogens (tertiary/aromatic N) is 1. The van der Waals surface area contributed by atoms with E-state index < -0.39 is 0 Å². The molecule has 1 fully saturated rings. The fraction of sp³-hybridized carbons (Fsp3) is 0.667. The molecule has 19 heavy (non-hydrogen) atoms. The normalized spacial score (nSPS) is 17.7. The van der Waals surface area contributed by atoms with E-state index in [2.05, 4.69) is 16.4 Å². The minimum absolute atomic E-state index is 0.259. The average Bonchev–Trinajstić information content (AvgIpc) is 2.88. The summed E-state index contributed by atoms with van der Waals surface area (Å²) in [6, 6.07) is 4.62. The third-order valence-corrected chi connectivity index (χ3v) is 3.67. The molecule has 4 nitrogen and oxygen atoms in total. The van der Waals surface area contributed by atoms with Crippen molar-refractivity contribution in [1.82, 2.24) is 15.2 Å². The Labute approximate surface area is 115 Å². The highest BCUT2D eigenvalue weighted by atomic mass is 16.2. The molecule has 4 heteroatoms. The van der Waals surface area contributed by atoms with Crippen LogP contribution >= 0.6 is 0 Å². The number of aromatic amines is 1.